The van der Waals surface area contributed by atoms with Crippen molar-refractivity contribution in [1.82, 2.24) is 4.90 Å². The van der Waals surface area contributed by atoms with Gasteiger partial charge in [-0.1, -0.05) is 0 Å². The molecule has 0 aromatic rings. The molecule has 0 rings (SSSR count). The maximum atomic E-state index is 11.9. The van der Waals surface area contributed by atoms with Crippen molar-refractivity contribution in [2.75, 3.05) is 26.4 Å². The fourth-order valence-corrected chi connectivity index (χ4v) is 1.66. The van der Waals surface area contributed by atoms with Gasteiger partial charge in [-0.05, 0) is 40.6 Å². The van der Waals surface area contributed by atoms with E-state index in [0.717, 1.165) is 12.0 Å². The molecule has 0 unspecified atom stereocenters. The van der Waals surface area contributed by atoms with E-state index in [-0.39, 0.29) is 11.6 Å². The van der Waals surface area contributed by atoms with Crippen molar-refractivity contribution in [3.8, 4) is 0 Å². The Balaban J connectivity index is 4.01. The van der Waals surface area contributed by atoms with Crippen LogP contribution in [0.4, 0.5) is 0 Å². The van der Waals surface area contributed by atoms with E-state index in [1.165, 1.54) is 4.90 Å². The molecule has 6 heteroatoms. The van der Waals surface area contributed by atoms with Gasteiger partial charge in [0.2, 0.25) is 5.91 Å². The van der Waals surface area contributed by atoms with Gasteiger partial charge in [-0.15, -0.1) is 0 Å². The number of amides is 1. The third-order valence-electron chi connectivity index (χ3n) is 2.42. The molecule has 94 valence electrons. The Hall–Kier alpha value is -0.195. The Morgan fingerprint density at radius 3 is 2.94 bits per heavy atom. The Morgan fingerprint density at radius 1 is 1.81 bits per heavy atom. The molecule has 0 aliphatic carbocycles. The van der Waals surface area contributed by atoms with Gasteiger partial charge in [-0.3, -0.25) is 4.79 Å². The van der Waals surface area contributed by atoms with E-state index in [0.29, 0.717) is 13.0 Å². The quantitative estimate of drug-likeness (QED) is 0.377. The zero-order valence-electron chi connectivity index (χ0n) is 12.4. The molecular formula is C10H22BNO3S. The largest absolute Gasteiger partial charge is 0.392 e. The highest BCUT2D eigenvalue weighted by atomic mass is 32.2. The van der Waals surface area contributed by atoms with Crippen LogP contribution in [0, 0.1) is 5.41 Å². The molecule has 0 aromatic carbocycles. The van der Waals surface area contributed by atoms with E-state index in [1.807, 2.05) is 0 Å². The van der Waals surface area contributed by atoms with Crippen LogP contribution in [0.2, 0.25) is 0 Å². The second-order valence-corrected chi connectivity index (χ2v) is 5.14. The summed E-state index contributed by atoms with van der Waals surface area (Å²) in [5, 5.41) is 9.99. The van der Waals surface area contributed by atoms with Crippen molar-refractivity contribution >= 4 is 25.7 Å². The van der Waals surface area contributed by atoms with Gasteiger partial charge in [0.05, 0.1) is 18.1 Å². The summed E-state index contributed by atoms with van der Waals surface area (Å²) in [6.45, 7) is 3.70. The zero-order chi connectivity index (χ0) is 14.3. The summed E-state index contributed by atoms with van der Waals surface area (Å²) in [4.78, 5) is 13.3. The summed E-state index contributed by atoms with van der Waals surface area (Å²) < 4.78 is 19.1. The van der Waals surface area contributed by atoms with Crippen LogP contribution < -0.4 is 0 Å². The summed E-state index contributed by atoms with van der Waals surface area (Å²) >= 11 is 1.05. The van der Waals surface area contributed by atoms with Crippen LogP contribution in [0.15, 0.2) is 0 Å². The fraction of sp³-hybridized carbons (Fsp3) is 0.900. The maximum Gasteiger partial charge on any atom is 0.230 e. The van der Waals surface area contributed by atoms with Gasteiger partial charge in [0.15, 0.2) is 0 Å². The number of hydrogen-bond donors (Lipinski definition) is 1. The predicted octanol–water partition coefficient (Wildman–Crippen LogP) is 0.107. The van der Waals surface area contributed by atoms with Crippen LogP contribution in [-0.4, -0.2) is 58.8 Å². The van der Waals surface area contributed by atoms with E-state index >= 15 is 0 Å². The van der Waals surface area contributed by atoms with E-state index in [1.54, 1.807) is 27.9 Å². The Kier molecular flexibility index (Phi) is 5.51. The van der Waals surface area contributed by atoms with Crippen molar-refractivity contribution in [2.24, 2.45) is 5.41 Å². The summed E-state index contributed by atoms with van der Waals surface area (Å²) in [5.41, 5.74) is -0.568. The summed E-state index contributed by atoms with van der Waals surface area (Å²) in [6, 6.07) is 0. The van der Waals surface area contributed by atoms with Crippen LogP contribution in [0.5, 0.6) is 0 Å². The van der Waals surface area contributed by atoms with Gasteiger partial charge < -0.3 is 14.2 Å². The van der Waals surface area contributed by atoms with E-state index in [4.69, 9.17) is 6.85 Å². The highest BCUT2D eigenvalue weighted by molar-refractivity contribution is 7.95. The molecule has 0 aromatic heterocycles. The SMILES string of the molecule is [2H]B([3H])CSOCC[C@H](O)C(C)(C)C(=O)N(C)C. The van der Waals surface area contributed by atoms with Gasteiger partial charge >= 0.3 is 0 Å². The average molecular weight is 250 g/mol. The first-order valence-corrected chi connectivity index (χ1v) is 6.09. The lowest BCUT2D eigenvalue weighted by Crippen LogP contribution is -2.44. The molecule has 1 atom stereocenters. The Bertz CT molecular complexity index is 268. The molecule has 0 radical (unpaired) electrons. The summed E-state index contributed by atoms with van der Waals surface area (Å²) in [5.74, 6) is -0.125. The normalized spacial score (nSPS) is 15.1. The van der Waals surface area contributed by atoms with E-state index in [2.05, 4.69) is 0 Å². The minimum Gasteiger partial charge on any atom is -0.392 e. The predicted molar refractivity (Wildman–Crippen MR) is 70.1 cm³/mol. The molecule has 0 heterocycles. The Labute approximate surface area is 106 Å². The molecular weight excluding hydrogens is 225 g/mol. The number of hydrogen-bond acceptors (Lipinski definition) is 4. The number of aliphatic hydroxyl groups excluding tert-OH is 1. The number of rotatable bonds is 8. The molecule has 0 saturated heterocycles. The van der Waals surface area contributed by atoms with Crippen LogP contribution >= 0.6 is 12.0 Å². The first kappa shape index (κ1) is 12.3. The van der Waals surface area contributed by atoms with Crippen molar-refractivity contribution in [3.63, 3.8) is 0 Å². The molecule has 0 saturated carbocycles. The third-order valence-corrected chi connectivity index (χ3v) is 2.89. The monoisotopic (exact) mass is 250 g/mol. The molecule has 0 fully saturated rings. The van der Waals surface area contributed by atoms with Crippen LogP contribution in [0.3, 0.4) is 0 Å². The van der Waals surface area contributed by atoms with Gasteiger partial charge in [0.25, 0.3) is 0 Å². The molecule has 1 N–H and O–H groups in total. The molecule has 0 aliphatic heterocycles. The fourth-order valence-electron chi connectivity index (χ4n) is 1.35. The van der Waals surface area contributed by atoms with Crippen molar-refractivity contribution in [1.29, 1.82) is 2.67 Å². The van der Waals surface area contributed by atoms with Crippen LogP contribution in [-0.2, 0) is 8.98 Å². The van der Waals surface area contributed by atoms with Gasteiger partial charge in [0.1, 0.15) is 7.77 Å². The highest BCUT2D eigenvalue weighted by Crippen LogP contribution is 2.25. The minimum atomic E-state index is -0.910. The second kappa shape index (κ2) is 7.19. The van der Waals surface area contributed by atoms with Crippen LogP contribution in [0.1, 0.15) is 20.3 Å². The van der Waals surface area contributed by atoms with Crippen molar-refractivity contribution in [3.05, 3.63) is 0 Å². The Morgan fingerprint density at radius 2 is 2.44 bits per heavy atom. The first-order valence-electron chi connectivity index (χ1n) is 6.33. The highest BCUT2D eigenvalue weighted by Gasteiger charge is 2.36. The molecule has 0 aliphatic rings. The molecule has 0 spiro atoms. The second-order valence-electron chi connectivity index (χ2n) is 4.33. The summed E-state index contributed by atoms with van der Waals surface area (Å²) in [7, 11) is 2.41. The lowest BCUT2D eigenvalue weighted by atomic mass is 9.83. The number of aliphatic hydroxyl groups is 1. The van der Waals surface area contributed by atoms with Crippen molar-refractivity contribution < 1.29 is 14.1 Å². The molecule has 0 bridgehead atoms. The van der Waals surface area contributed by atoms with Gasteiger partial charge in [-0.25, -0.2) is 0 Å². The summed E-state index contributed by atoms with van der Waals surface area (Å²) in [6.07, 6.45) is -0.434. The third kappa shape index (κ3) is 4.76. The number of nitrogens with zero attached hydrogens (tertiary/aromatic N) is 1. The van der Waals surface area contributed by atoms with Gasteiger partial charge in [0, 0.05) is 14.1 Å². The number of carbonyl (C=O) groups excluding carboxylic acids is 1. The molecule has 16 heavy (non-hydrogen) atoms. The van der Waals surface area contributed by atoms with Crippen molar-refractivity contribution in [2.45, 2.75) is 26.4 Å². The lowest BCUT2D eigenvalue weighted by Gasteiger charge is -2.31. The maximum absolute atomic E-state index is 11.9. The molecule has 1 amide bonds. The molecule has 4 nitrogen and oxygen atoms in total. The topological polar surface area (TPSA) is 49.8 Å². The average Bonchev–Trinajstić information content (AvgIpc) is 2.26. The minimum absolute atomic E-state index is 0.125. The van der Waals surface area contributed by atoms with E-state index < -0.39 is 19.3 Å². The smallest absolute Gasteiger partial charge is 0.230 e. The lowest BCUT2D eigenvalue weighted by molar-refractivity contribution is -0.144. The van der Waals surface area contributed by atoms with E-state index in [9.17, 15) is 9.90 Å². The zero-order valence-corrected chi connectivity index (χ0v) is 11.2. The standard InChI is InChI=1S/C10H22BNO3S/c1-10(2,9(14)12(3)4)8(13)5-6-15-16-7-11/h8,13H,5-7,11H2,1-4H3/t8-/m0/s1/i11TD. The van der Waals surface area contributed by atoms with Crippen LogP contribution in [0.25, 0.3) is 0 Å². The number of carbonyl (C=O) groups is 1. The van der Waals surface area contributed by atoms with Gasteiger partial charge in [-0.2, -0.15) is 0 Å². The first-order chi connectivity index (χ1) is 8.19.